The molecule has 0 atom stereocenters. The minimum atomic E-state index is -2.08. The molecule has 1 aromatic rings. The number of pyridine rings is 1. The Morgan fingerprint density at radius 2 is 2.00 bits per heavy atom. The van der Waals surface area contributed by atoms with Gasteiger partial charge in [-0.25, -0.2) is 0 Å². The summed E-state index contributed by atoms with van der Waals surface area (Å²) in [5, 5.41) is 2.73. The fourth-order valence-corrected chi connectivity index (χ4v) is 6.77. The zero-order chi connectivity index (χ0) is 11.6. The van der Waals surface area contributed by atoms with E-state index in [2.05, 4.69) is 32.0 Å². The summed E-state index contributed by atoms with van der Waals surface area (Å²) in [7, 11) is 0. The van der Waals surface area contributed by atoms with E-state index in [1.165, 1.54) is 16.1 Å². The van der Waals surface area contributed by atoms with Gasteiger partial charge < -0.3 is 0 Å². The van der Waals surface area contributed by atoms with Gasteiger partial charge in [0.05, 0.1) is 0 Å². The van der Waals surface area contributed by atoms with Crippen LogP contribution in [0.25, 0.3) is 0 Å². The summed E-state index contributed by atoms with van der Waals surface area (Å²) in [4.78, 5) is 22.2. The topological polar surface area (TPSA) is 42.0 Å². The van der Waals surface area contributed by atoms with E-state index in [1.54, 1.807) is 0 Å². The van der Waals surface area contributed by atoms with Gasteiger partial charge in [-0.3, -0.25) is 0 Å². The van der Waals surface area contributed by atoms with Crippen LogP contribution in [0.3, 0.4) is 0 Å². The standard InChI is InChI=1S/C8H9N2O.3CH3.Sn/c1-6-3-4-8(9-5-6)10-7(2)11;;;;/h4-5H,1-2H3,(H,9,10,11);3*1H3;. The Bertz CT molecular complexity index is 383. The maximum absolute atomic E-state index is 10.9. The van der Waals surface area contributed by atoms with Crippen LogP contribution in [0.4, 0.5) is 5.82 Å². The number of nitrogens with zero attached hydrogens (tertiary/aromatic N) is 1. The monoisotopic (exact) mass is 314 g/mol. The van der Waals surface area contributed by atoms with Crippen molar-refractivity contribution >= 4 is 33.7 Å². The van der Waals surface area contributed by atoms with Crippen LogP contribution in [-0.4, -0.2) is 29.3 Å². The predicted molar refractivity (Wildman–Crippen MR) is 66.3 cm³/mol. The molecule has 0 aliphatic heterocycles. The number of aryl methyl sites for hydroxylation is 1. The van der Waals surface area contributed by atoms with E-state index in [1.807, 2.05) is 12.3 Å². The van der Waals surface area contributed by atoms with Crippen molar-refractivity contribution in [2.75, 3.05) is 5.32 Å². The van der Waals surface area contributed by atoms with Crippen LogP contribution in [-0.2, 0) is 4.79 Å². The Morgan fingerprint density at radius 1 is 1.40 bits per heavy atom. The number of nitrogens with one attached hydrogen (secondary N) is 1. The molecule has 0 radical (unpaired) electrons. The molecule has 0 spiro atoms. The fourth-order valence-electron chi connectivity index (χ4n) is 1.58. The fraction of sp³-hybridized carbons (Fsp3) is 0.455. The Kier molecular flexibility index (Phi) is 3.76. The zero-order valence-electron chi connectivity index (χ0n) is 10.0. The van der Waals surface area contributed by atoms with Crippen LogP contribution in [0.15, 0.2) is 12.3 Å². The van der Waals surface area contributed by atoms with Gasteiger partial charge in [0, 0.05) is 0 Å². The van der Waals surface area contributed by atoms with Gasteiger partial charge in [0.1, 0.15) is 0 Å². The van der Waals surface area contributed by atoms with E-state index >= 15 is 0 Å². The SMILES string of the molecule is CC(=O)Nc1c[c]([Sn]([CH3])([CH3])[CH3])c(C)cn1. The van der Waals surface area contributed by atoms with Crippen LogP contribution in [0.2, 0.25) is 14.8 Å². The summed E-state index contributed by atoms with van der Waals surface area (Å²) in [5.74, 6) is 0.608. The molecule has 82 valence electrons. The molecule has 15 heavy (non-hydrogen) atoms. The number of carbonyl (C=O) groups excluding carboxylic acids is 1. The molecule has 1 heterocycles. The van der Waals surface area contributed by atoms with Gasteiger partial charge in [-0.05, 0) is 0 Å². The van der Waals surface area contributed by atoms with Crippen molar-refractivity contribution in [3.63, 3.8) is 0 Å². The van der Waals surface area contributed by atoms with Crippen LogP contribution in [0.5, 0.6) is 0 Å². The van der Waals surface area contributed by atoms with Crippen molar-refractivity contribution in [2.45, 2.75) is 28.7 Å². The van der Waals surface area contributed by atoms with Gasteiger partial charge in [0.15, 0.2) is 0 Å². The van der Waals surface area contributed by atoms with Crippen molar-refractivity contribution in [1.82, 2.24) is 4.98 Å². The first-order valence-electron chi connectivity index (χ1n) is 5.05. The van der Waals surface area contributed by atoms with Gasteiger partial charge in [-0.1, -0.05) is 0 Å². The Balaban J connectivity index is 3.11. The van der Waals surface area contributed by atoms with Gasteiger partial charge in [-0.15, -0.1) is 0 Å². The number of hydrogen-bond acceptors (Lipinski definition) is 2. The summed E-state index contributed by atoms with van der Waals surface area (Å²) < 4.78 is 1.42. The molecule has 0 aliphatic carbocycles. The van der Waals surface area contributed by atoms with Crippen LogP contribution >= 0.6 is 0 Å². The molecule has 0 fully saturated rings. The van der Waals surface area contributed by atoms with E-state index in [4.69, 9.17) is 0 Å². The maximum atomic E-state index is 10.9. The van der Waals surface area contributed by atoms with E-state index in [0.717, 1.165) is 0 Å². The molecule has 0 aliphatic rings. The van der Waals surface area contributed by atoms with Crippen LogP contribution < -0.4 is 8.90 Å². The molecule has 1 amide bonds. The van der Waals surface area contributed by atoms with Crippen molar-refractivity contribution in [2.24, 2.45) is 0 Å². The number of amides is 1. The molecular formula is C11H18N2OSn. The third-order valence-corrected chi connectivity index (χ3v) is 8.37. The molecule has 0 aromatic carbocycles. The van der Waals surface area contributed by atoms with Gasteiger partial charge in [-0.2, -0.15) is 0 Å². The number of rotatable bonds is 2. The van der Waals surface area contributed by atoms with Gasteiger partial charge >= 0.3 is 95.3 Å². The van der Waals surface area contributed by atoms with Crippen LogP contribution in [0.1, 0.15) is 12.5 Å². The molecule has 4 heteroatoms. The summed E-state index contributed by atoms with van der Waals surface area (Å²) in [6, 6.07) is 2.03. The Morgan fingerprint density at radius 3 is 2.47 bits per heavy atom. The molecule has 0 saturated heterocycles. The zero-order valence-corrected chi connectivity index (χ0v) is 12.9. The predicted octanol–water partition coefficient (Wildman–Crippen LogP) is 1.89. The second-order valence-corrected chi connectivity index (χ2v) is 19.2. The van der Waals surface area contributed by atoms with Crippen molar-refractivity contribution in [3.8, 4) is 0 Å². The van der Waals surface area contributed by atoms with Gasteiger partial charge in [0.2, 0.25) is 0 Å². The molecule has 1 N–H and O–H groups in total. The minimum absolute atomic E-state index is 0.0681. The first-order chi connectivity index (χ1) is 6.80. The molecule has 1 rings (SSSR count). The molecule has 3 nitrogen and oxygen atoms in total. The number of aromatic nitrogens is 1. The second kappa shape index (κ2) is 4.51. The van der Waals surface area contributed by atoms with Gasteiger partial charge in [0.25, 0.3) is 0 Å². The molecule has 0 unspecified atom stereocenters. The third-order valence-electron chi connectivity index (χ3n) is 2.22. The van der Waals surface area contributed by atoms with Crippen LogP contribution in [0, 0.1) is 6.92 Å². The second-order valence-electron chi connectivity index (χ2n) is 4.82. The number of hydrogen-bond donors (Lipinski definition) is 1. The molecule has 0 bridgehead atoms. The van der Waals surface area contributed by atoms with E-state index < -0.39 is 18.4 Å². The molecule has 0 saturated carbocycles. The summed E-state index contributed by atoms with van der Waals surface area (Å²) in [6.07, 6.45) is 1.85. The third kappa shape index (κ3) is 3.48. The van der Waals surface area contributed by atoms with Crippen molar-refractivity contribution < 1.29 is 4.79 Å². The van der Waals surface area contributed by atoms with Crippen molar-refractivity contribution in [3.05, 3.63) is 17.8 Å². The van der Waals surface area contributed by atoms with E-state index in [-0.39, 0.29) is 5.91 Å². The quantitative estimate of drug-likeness (QED) is 0.847. The summed E-state index contributed by atoms with van der Waals surface area (Å²) in [6.45, 7) is 3.59. The first kappa shape index (κ1) is 12.5. The van der Waals surface area contributed by atoms with E-state index in [9.17, 15) is 4.79 Å². The average molecular weight is 313 g/mol. The first-order valence-corrected chi connectivity index (χ1v) is 15.0. The average Bonchev–Trinajstić information content (AvgIpc) is 2.05. The summed E-state index contributed by atoms with van der Waals surface area (Å²) in [5.41, 5.74) is 1.24. The normalized spacial score (nSPS) is 11.3. The number of anilines is 1. The number of carbonyl (C=O) groups is 1. The Hall–Kier alpha value is -0.581. The Labute approximate surface area is 95.2 Å². The van der Waals surface area contributed by atoms with Crippen molar-refractivity contribution in [1.29, 1.82) is 0 Å². The molecular weight excluding hydrogens is 295 g/mol. The molecule has 1 aromatic heterocycles. The van der Waals surface area contributed by atoms with E-state index in [0.29, 0.717) is 5.82 Å². The summed E-state index contributed by atoms with van der Waals surface area (Å²) >= 11 is -2.08.